The van der Waals surface area contributed by atoms with Crippen LogP contribution < -0.4 is 19.1 Å². The van der Waals surface area contributed by atoms with E-state index in [9.17, 15) is 18.0 Å². The Morgan fingerprint density at radius 1 is 1.03 bits per heavy atom. The molecular weight excluding hydrogens is 470 g/mol. The second kappa shape index (κ2) is 12.4. The van der Waals surface area contributed by atoms with Gasteiger partial charge in [0.1, 0.15) is 24.1 Å². The van der Waals surface area contributed by atoms with Gasteiger partial charge < -0.3 is 19.7 Å². The van der Waals surface area contributed by atoms with Gasteiger partial charge in [0.05, 0.1) is 26.2 Å². The standard InChI is InChI=1S/C25H35N3O6S/c1-7-21(25(30)26-8-2)27(16-19-11-9-18(3)10-12-19)24(29)17-28(35(6,31)32)22-14-13-20(33-4)15-23(22)34-5/h9-15,21H,7-8,16-17H2,1-6H3,(H,26,30)/t21-/m1/s1. The topological polar surface area (TPSA) is 105 Å². The lowest BCUT2D eigenvalue weighted by molar-refractivity contribution is -0.140. The zero-order valence-electron chi connectivity index (χ0n) is 21.2. The SMILES string of the molecule is CCNC(=O)[C@@H](CC)N(Cc1ccc(C)cc1)C(=O)CN(c1ccc(OC)cc1OC)S(C)(=O)=O. The molecule has 0 fully saturated rings. The molecular formula is C25H35N3O6S. The molecule has 1 atom stereocenters. The Bertz CT molecular complexity index is 1120. The van der Waals surface area contributed by atoms with Crippen molar-refractivity contribution in [2.75, 3.05) is 37.9 Å². The molecule has 2 amide bonds. The van der Waals surface area contributed by atoms with Crippen molar-refractivity contribution in [3.8, 4) is 11.5 Å². The van der Waals surface area contributed by atoms with Gasteiger partial charge in [0.25, 0.3) is 0 Å². The van der Waals surface area contributed by atoms with Crippen molar-refractivity contribution in [3.63, 3.8) is 0 Å². The van der Waals surface area contributed by atoms with Gasteiger partial charge in [-0.15, -0.1) is 0 Å². The normalized spacial score (nSPS) is 11.9. The lowest BCUT2D eigenvalue weighted by atomic mass is 10.1. The quantitative estimate of drug-likeness (QED) is 0.476. The number of ether oxygens (including phenoxy) is 2. The number of hydrogen-bond donors (Lipinski definition) is 1. The van der Waals surface area contributed by atoms with Crippen LogP contribution in [-0.4, -0.2) is 64.7 Å². The molecule has 35 heavy (non-hydrogen) atoms. The molecule has 0 heterocycles. The molecule has 10 heteroatoms. The van der Waals surface area contributed by atoms with Gasteiger partial charge in [-0.3, -0.25) is 13.9 Å². The Balaban J connectivity index is 2.49. The van der Waals surface area contributed by atoms with Crippen LogP contribution in [0.5, 0.6) is 11.5 Å². The fraction of sp³-hybridized carbons (Fsp3) is 0.440. The van der Waals surface area contributed by atoms with Crippen molar-refractivity contribution in [3.05, 3.63) is 53.6 Å². The molecule has 0 spiro atoms. The predicted octanol–water partition coefficient (Wildman–Crippen LogP) is 2.72. The lowest BCUT2D eigenvalue weighted by Crippen LogP contribution is -2.52. The van der Waals surface area contributed by atoms with E-state index in [-0.39, 0.29) is 23.9 Å². The highest BCUT2D eigenvalue weighted by Crippen LogP contribution is 2.33. The van der Waals surface area contributed by atoms with Gasteiger partial charge in [-0.25, -0.2) is 8.42 Å². The number of nitrogens with one attached hydrogen (secondary N) is 1. The van der Waals surface area contributed by atoms with Gasteiger partial charge in [0.15, 0.2) is 0 Å². The zero-order chi connectivity index (χ0) is 26.2. The molecule has 1 N–H and O–H groups in total. The largest absolute Gasteiger partial charge is 0.497 e. The van der Waals surface area contributed by atoms with E-state index in [1.165, 1.54) is 25.2 Å². The molecule has 2 rings (SSSR count). The Kier molecular flexibility index (Phi) is 9.94. The van der Waals surface area contributed by atoms with Crippen LogP contribution in [0.15, 0.2) is 42.5 Å². The molecule has 0 saturated carbocycles. The molecule has 0 bridgehead atoms. The van der Waals surface area contributed by atoms with Gasteiger partial charge in [-0.05, 0) is 38.0 Å². The summed E-state index contributed by atoms with van der Waals surface area (Å²) in [5.41, 5.74) is 2.10. The number of sulfonamides is 1. The number of methoxy groups -OCH3 is 2. The number of rotatable bonds is 12. The van der Waals surface area contributed by atoms with E-state index in [0.717, 1.165) is 21.7 Å². The summed E-state index contributed by atoms with van der Waals surface area (Å²) in [5, 5.41) is 2.77. The van der Waals surface area contributed by atoms with E-state index < -0.39 is 28.5 Å². The molecule has 2 aromatic rings. The first-order valence-corrected chi connectivity index (χ1v) is 13.2. The highest BCUT2D eigenvalue weighted by Gasteiger charge is 2.32. The average molecular weight is 506 g/mol. The fourth-order valence-electron chi connectivity index (χ4n) is 3.69. The summed E-state index contributed by atoms with van der Waals surface area (Å²) in [6, 6.07) is 11.5. The minimum atomic E-state index is -3.88. The molecule has 0 aliphatic rings. The van der Waals surface area contributed by atoms with E-state index in [0.29, 0.717) is 18.7 Å². The molecule has 2 aromatic carbocycles. The third kappa shape index (κ3) is 7.35. The Morgan fingerprint density at radius 2 is 1.69 bits per heavy atom. The maximum absolute atomic E-state index is 13.7. The van der Waals surface area contributed by atoms with Crippen LogP contribution in [0.2, 0.25) is 0 Å². The third-order valence-corrected chi connectivity index (χ3v) is 6.67. The van der Waals surface area contributed by atoms with E-state index in [4.69, 9.17) is 9.47 Å². The van der Waals surface area contributed by atoms with Crippen LogP contribution in [0.3, 0.4) is 0 Å². The van der Waals surface area contributed by atoms with E-state index in [1.807, 2.05) is 38.1 Å². The summed E-state index contributed by atoms with van der Waals surface area (Å²) in [7, 11) is -0.979. The second-order valence-electron chi connectivity index (χ2n) is 8.13. The summed E-state index contributed by atoms with van der Waals surface area (Å²) in [5.74, 6) is -0.0764. The minimum absolute atomic E-state index is 0.159. The zero-order valence-corrected chi connectivity index (χ0v) is 22.0. The lowest BCUT2D eigenvalue weighted by Gasteiger charge is -2.33. The van der Waals surface area contributed by atoms with Crippen molar-refractivity contribution >= 4 is 27.5 Å². The third-order valence-electron chi connectivity index (χ3n) is 5.55. The summed E-state index contributed by atoms with van der Waals surface area (Å²) >= 11 is 0. The van der Waals surface area contributed by atoms with Gasteiger partial charge in [-0.2, -0.15) is 0 Å². The number of carbonyl (C=O) groups excluding carboxylic acids is 2. The summed E-state index contributed by atoms with van der Waals surface area (Å²) in [6.45, 7) is 5.66. The van der Waals surface area contributed by atoms with E-state index in [2.05, 4.69) is 5.32 Å². The van der Waals surface area contributed by atoms with Crippen molar-refractivity contribution in [2.24, 2.45) is 0 Å². The summed E-state index contributed by atoms with van der Waals surface area (Å²) < 4.78 is 37.1. The van der Waals surface area contributed by atoms with E-state index >= 15 is 0 Å². The molecule has 0 saturated heterocycles. The van der Waals surface area contributed by atoms with Crippen molar-refractivity contribution in [2.45, 2.75) is 39.8 Å². The fourth-order valence-corrected chi connectivity index (χ4v) is 4.54. The summed E-state index contributed by atoms with van der Waals surface area (Å²) in [6.07, 6.45) is 1.39. The first kappa shape index (κ1) is 28.0. The number of benzene rings is 2. The number of nitrogens with zero attached hydrogens (tertiary/aromatic N) is 2. The van der Waals surface area contributed by atoms with Crippen LogP contribution in [0, 0.1) is 6.92 Å². The average Bonchev–Trinajstić information content (AvgIpc) is 2.82. The van der Waals surface area contributed by atoms with Crippen LogP contribution >= 0.6 is 0 Å². The Morgan fingerprint density at radius 3 is 2.20 bits per heavy atom. The molecule has 0 unspecified atom stereocenters. The van der Waals surface area contributed by atoms with Crippen LogP contribution in [0.4, 0.5) is 5.69 Å². The first-order valence-electron chi connectivity index (χ1n) is 11.4. The summed E-state index contributed by atoms with van der Waals surface area (Å²) in [4.78, 5) is 27.9. The molecule has 192 valence electrons. The van der Waals surface area contributed by atoms with Crippen molar-refractivity contribution in [1.29, 1.82) is 0 Å². The maximum Gasteiger partial charge on any atom is 0.244 e. The number of hydrogen-bond acceptors (Lipinski definition) is 6. The molecule has 0 aliphatic heterocycles. The molecule has 0 aliphatic carbocycles. The second-order valence-corrected chi connectivity index (χ2v) is 10.0. The van der Waals surface area contributed by atoms with Crippen molar-refractivity contribution < 1.29 is 27.5 Å². The number of amides is 2. The first-order chi connectivity index (χ1) is 16.5. The highest BCUT2D eigenvalue weighted by molar-refractivity contribution is 7.92. The van der Waals surface area contributed by atoms with Gasteiger partial charge in [-0.1, -0.05) is 36.8 Å². The molecule has 0 radical (unpaired) electrons. The molecule has 0 aromatic heterocycles. The Labute approximate surface area is 208 Å². The van der Waals surface area contributed by atoms with Crippen LogP contribution in [0.25, 0.3) is 0 Å². The Hall–Kier alpha value is -3.27. The molecule has 9 nitrogen and oxygen atoms in total. The highest BCUT2D eigenvalue weighted by atomic mass is 32.2. The monoisotopic (exact) mass is 505 g/mol. The number of carbonyl (C=O) groups is 2. The van der Waals surface area contributed by atoms with E-state index in [1.54, 1.807) is 19.1 Å². The maximum atomic E-state index is 13.7. The van der Waals surface area contributed by atoms with Gasteiger partial charge >= 0.3 is 0 Å². The number of likely N-dealkylation sites (N-methyl/N-ethyl adjacent to an activating group) is 1. The minimum Gasteiger partial charge on any atom is -0.497 e. The number of aryl methyl sites for hydroxylation is 1. The number of anilines is 1. The van der Waals surface area contributed by atoms with Crippen LogP contribution in [-0.2, 0) is 26.2 Å². The van der Waals surface area contributed by atoms with Crippen LogP contribution in [0.1, 0.15) is 31.4 Å². The van der Waals surface area contributed by atoms with Gasteiger partial charge in [0, 0.05) is 19.2 Å². The van der Waals surface area contributed by atoms with Crippen molar-refractivity contribution in [1.82, 2.24) is 10.2 Å². The van der Waals surface area contributed by atoms with Gasteiger partial charge in [0.2, 0.25) is 21.8 Å². The smallest absolute Gasteiger partial charge is 0.244 e. The predicted molar refractivity (Wildman–Crippen MR) is 136 cm³/mol.